The molecule has 0 bridgehead atoms. The van der Waals surface area contributed by atoms with Crippen molar-refractivity contribution >= 4 is 17.0 Å². The SMILES string of the molecule is CCCN(c1ccc(C)cc1)S(=O)O. The van der Waals surface area contributed by atoms with E-state index in [0.717, 1.165) is 17.7 Å². The van der Waals surface area contributed by atoms with Crippen molar-refractivity contribution in [2.45, 2.75) is 20.3 Å². The normalized spacial score (nSPS) is 12.5. The number of hydrogen-bond donors (Lipinski definition) is 1. The monoisotopic (exact) mass is 213 g/mol. The van der Waals surface area contributed by atoms with Crippen molar-refractivity contribution in [2.75, 3.05) is 10.8 Å². The van der Waals surface area contributed by atoms with Crippen LogP contribution < -0.4 is 4.31 Å². The van der Waals surface area contributed by atoms with Crippen molar-refractivity contribution < 1.29 is 8.76 Å². The van der Waals surface area contributed by atoms with E-state index in [1.807, 2.05) is 38.1 Å². The highest BCUT2D eigenvalue weighted by Crippen LogP contribution is 2.16. The Kier molecular flexibility index (Phi) is 4.10. The lowest BCUT2D eigenvalue weighted by atomic mass is 10.2. The molecule has 1 N–H and O–H groups in total. The zero-order chi connectivity index (χ0) is 10.6. The fraction of sp³-hybridized carbons (Fsp3) is 0.400. The Labute approximate surface area is 87.2 Å². The van der Waals surface area contributed by atoms with Crippen molar-refractivity contribution in [3.8, 4) is 0 Å². The van der Waals surface area contributed by atoms with Crippen LogP contribution in [0.25, 0.3) is 0 Å². The summed E-state index contributed by atoms with van der Waals surface area (Å²) in [4.78, 5) is 0. The summed E-state index contributed by atoms with van der Waals surface area (Å²) in [6, 6.07) is 7.59. The molecule has 1 rings (SSSR count). The van der Waals surface area contributed by atoms with Crippen LogP contribution in [0.2, 0.25) is 0 Å². The van der Waals surface area contributed by atoms with Gasteiger partial charge in [-0.1, -0.05) is 24.6 Å². The van der Waals surface area contributed by atoms with E-state index in [9.17, 15) is 4.21 Å². The molecule has 4 heteroatoms. The van der Waals surface area contributed by atoms with Crippen LogP contribution in [0.4, 0.5) is 5.69 Å². The van der Waals surface area contributed by atoms with Gasteiger partial charge in [0.1, 0.15) is 0 Å². The molecule has 1 atom stereocenters. The lowest BCUT2D eigenvalue weighted by molar-refractivity contribution is 0.558. The Balaban J connectivity index is 2.87. The summed E-state index contributed by atoms with van der Waals surface area (Å²) in [6.07, 6.45) is 0.847. The Morgan fingerprint density at radius 1 is 1.36 bits per heavy atom. The van der Waals surface area contributed by atoms with Gasteiger partial charge in [0.2, 0.25) is 0 Å². The molecule has 0 saturated heterocycles. The molecular formula is C10H15NO2S. The summed E-state index contributed by atoms with van der Waals surface area (Å²) in [6.45, 7) is 4.56. The molecule has 1 aromatic carbocycles. The Hall–Kier alpha value is -0.870. The predicted molar refractivity (Wildman–Crippen MR) is 59.6 cm³/mol. The number of hydrogen-bond acceptors (Lipinski definition) is 1. The summed E-state index contributed by atoms with van der Waals surface area (Å²) in [5.41, 5.74) is 1.94. The number of aryl methyl sites for hydroxylation is 1. The first-order valence-electron chi connectivity index (χ1n) is 4.60. The molecule has 0 radical (unpaired) electrons. The maximum absolute atomic E-state index is 11.0. The molecule has 14 heavy (non-hydrogen) atoms. The highest BCUT2D eigenvalue weighted by molar-refractivity contribution is 7.80. The van der Waals surface area contributed by atoms with E-state index in [0.29, 0.717) is 6.54 Å². The molecule has 1 unspecified atom stereocenters. The van der Waals surface area contributed by atoms with Gasteiger partial charge in [-0.3, -0.25) is 8.86 Å². The summed E-state index contributed by atoms with van der Waals surface area (Å²) >= 11 is -1.93. The molecular weight excluding hydrogens is 198 g/mol. The van der Waals surface area contributed by atoms with Crippen LogP contribution in [-0.4, -0.2) is 15.3 Å². The molecule has 3 nitrogen and oxygen atoms in total. The molecule has 0 spiro atoms. The van der Waals surface area contributed by atoms with Gasteiger partial charge in [0.25, 0.3) is 11.3 Å². The van der Waals surface area contributed by atoms with Gasteiger partial charge >= 0.3 is 0 Å². The summed E-state index contributed by atoms with van der Waals surface area (Å²) < 4.78 is 21.5. The van der Waals surface area contributed by atoms with Crippen molar-refractivity contribution in [1.82, 2.24) is 0 Å². The van der Waals surface area contributed by atoms with E-state index in [4.69, 9.17) is 4.55 Å². The number of nitrogens with zero attached hydrogens (tertiary/aromatic N) is 1. The highest BCUT2D eigenvalue weighted by Gasteiger charge is 2.09. The van der Waals surface area contributed by atoms with Gasteiger partial charge in [-0.15, -0.1) is 0 Å². The average molecular weight is 213 g/mol. The van der Waals surface area contributed by atoms with Crippen LogP contribution >= 0.6 is 0 Å². The topological polar surface area (TPSA) is 40.5 Å². The largest absolute Gasteiger partial charge is 0.289 e. The van der Waals surface area contributed by atoms with Crippen molar-refractivity contribution in [3.63, 3.8) is 0 Å². The van der Waals surface area contributed by atoms with Crippen LogP contribution in [0.3, 0.4) is 0 Å². The zero-order valence-corrected chi connectivity index (χ0v) is 9.25. The van der Waals surface area contributed by atoms with E-state index in [1.54, 1.807) is 0 Å². The number of rotatable bonds is 4. The number of benzene rings is 1. The van der Waals surface area contributed by atoms with Crippen LogP contribution in [0.15, 0.2) is 24.3 Å². The maximum Gasteiger partial charge on any atom is 0.261 e. The van der Waals surface area contributed by atoms with Crippen molar-refractivity contribution in [2.24, 2.45) is 0 Å². The standard InChI is InChI=1S/C10H15NO2S/c1-3-8-11(14(12)13)10-6-4-9(2)5-7-10/h4-7H,3,8H2,1-2H3,(H,12,13). The third kappa shape index (κ3) is 2.82. The third-order valence-electron chi connectivity index (χ3n) is 1.94. The smallest absolute Gasteiger partial charge is 0.261 e. The van der Waals surface area contributed by atoms with Crippen LogP contribution in [0, 0.1) is 6.92 Å². The zero-order valence-electron chi connectivity index (χ0n) is 8.43. The minimum absolute atomic E-state index is 0.589. The van der Waals surface area contributed by atoms with Gasteiger partial charge in [-0.05, 0) is 25.5 Å². The van der Waals surface area contributed by atoms with Gasteiger partial charge < -0.3 is 0 Å². The van der Waals surface area contributed by atoms with E-state index in [2.05, 4.69) is 0 Å². The molecule has 0 aliphatic carbocycles. The maximum atomic E-state index is 11.0. The highest BCUT2D eigenvalue weighted by atomic mass is 32.2. The first kappa shape index (κ1) is 11.2. The van der Waals surface area contributed by atoms with Gasteiger partial charge in [-0.25, -0.2) is 4.21 Å². The van der Waals surface area contributed by atoms with Gasteiger partial charge in [0.05, 0.1) is 5.69 Å². The van der Waals surface area contributed by atoms with Crippen molar-refractivity contribution in [1.29, 1.82) is 0 Å². The second-order valence-electron chi connectivity index (χ2n) is 3.17. The number of anilines is 1. The van der Waals surface area contributed by atoms with E-state index >= 15 is 0 Å². The molecule has 1 aromatic rings. The van der Waals surface area contributed by atoms with Gasteiger partial charge in [0.15, 0.2) is 0 Å². The lowest BCUT2D eigenvalue weighted by Crippen LogP contribution is -2.25. The molecule has 0 heterocycles. The van der Waals surface area contributed by atoms with E-state index in [-0.39, 0.29) is 0 Å². The molecule has 0 aliphatic rings. The molecule has 0 fully saturated rings. The first-order valence-corrected chi connectivity index (χ1v) is 5.66. The summed E-state index contributed by atoms with van der Waals surface area (Å²) in [7, 11) is 0. The van der Waals surface area contributed by atoms with Crippen LogP contribution in [0.1, 0.15) is 18.9 Å². The predicted octanol–water partition coefficient (Wildman–Crippen LogP) is 2.35. The van der Waals surface area contributed by atoms with E-state index in [1.165, 1.54) is 4.31 Å². The van der Waals surface area contributed by atoms with Crippen LogP contribution in [-0.2, 0) is 11.3 Å². The minimum Gasteiger partial charge on any atom is -0.289 e. The van der Waals surface area contributed by atoms with Gasteiger partial charge in [-0.2, -0.15) is 0 Å². The lowest BCUT2D eigenvalue weighted by Gasteiger charge is -2.18. The second-order valence-corrected chi connectivity index (χ2v) is 4.07. The minimum atomic E-state index is -1.93. The molecule has 0 amide bonds. The van der Waals surface area contributed by atoms with Gasteiger partial charge in [0, 0.05) is 6.54 Å². The Morgan fingerprint density at radius 2 is 1.93 bits per heavy atom. The molecule has 0 aromatic heterocycles. The Morgan fingerprint density at radius 3 is 2.36 bits per heavy atom. The Bertz CT molecular complexity index is 310. The van der Waals surface area contributed by atoms with Crippen LogP contribution in [0.5, 0.6) is 0 Å². The fourth-order valence-corrected chi connectivity index (χ4v) is 1.85. The average Bonchev–Trinajstić information content (AvgIpc) is 2.15. The first-order chi connectivity index (χ1) is 6.65. The van der Waals surface area contributed by atoms with Crippen molar-refractivity contribution in [3.05, 3.63) is 29.8 Å². The van der Waals surface area contributed by atoms with E-state index < -0.39 is 11.3 Å². The second kappa shape index (κ2) is 5.12. The quantitative estimate of drug-likeness (QED) is 0.780. The fourth-order valence-electron chi connectivity index (χ4n) is 1.21. The summed E-state index contributed by atoms with van der Waals surface area (Å²) in [5.74, 6) is 0. The molecule has 0 aliphatic heterocycles. The summed E-state index contributed by atoms with van der Waals surface area (Å²) in [5, 5.41) is 0. The molecule has 78 valence electrons. The third-order valence-corrected chi connectivity index (χ3v) is 2.71. The molecule has 0 saturated carbocycles.